The van der Waals surface area contributed by atoms with Gasteiger partial charge in [-0.05, 0) is 49.5 Å². The van der Waals surface area contributed by atoms with Crippen LogP contribution in [0.25, 0.3) is 0 Å². The monoisotopic (exact) mass is 281 g/mol. The van der Waals surface area contributed by atoms with Crippen molar-refractivity contribution in [3.63, 3.8) is 0 Å². The van der Waals surface area contributed by atoms with Crippen molar-refractivity contribution < 1.29 is 14.7 Å². The molecule has 19 heavy (non-hydrogen) atoms. The fourth-order valence-electron chi connectivity index (χ4n) is 1.91. The summed E-state index contributed by atoms with van der Waals surface area (Å²) in [4.78, 5) is 24.0. The third kappa shape index (κ3) is 3.99. The van der Waals surface area contributed by atoms with E-state index in [1.807, 2.05) is 38.3 Å². The number of carbonyl (C=O) groups is 2. The van der Waals surface area contributed by atoms with Crippen LogP contribution in [0.2, 0.25) is 0 Å². The molecule has 0 aliphatic rings. The Morgan fingerprint density at radius 3 is 2.68 bits per heavy atom. The maximum atomic E-state index is 11.4. The second-order valence-electron chi connectivity index (χ2n) is 4.44. The molecule has 5 heteroatoms. The van der Waals surface area contributed by atoms with Crippen molar-refractivity contribution in [3.8, 4) is 0 Å². The van der Waals surface area contributed by atoms with Crippen molar-refractivity contribution in [1.29, 1.82) is 0 Å². The zero-order valence-electron chi connectivity index (χ0n) is 11.4. The fraction of sp³-hybridized carbons (Fsp3) is 0.429. The first-order valence-corrected chi connectivity index (χ1v) is 7.43. The minimum absolute atomic E-state index is 0.433. The third-order valence-corrected chi connectivity index (χ3v) is 3.62. The molecule has 0 fully saturated rings. The van der Waals surface area contributed by atoms with E-state index >= 15 is 0 Å². The minimum atomic E-state index is -0.970. The van der Waals surface area contributed by atoms with Crippen LogP contribution in [0.4, 0.5) is 5.69 Å². The fourth-order valence-corrected chi connectivity index (χ4v) is 2.37. The number of rotatable bonds is 7. The number of aryl methyl sites for hydroxylation is 2. The highest BCUT2D eigenvalue weighted by molar-refractivity contribution is 7.98. The number of benzene rings is 1. The molecule has 0 bridgehead atoms. The van der Waals surface area contributed by atoms with Gasteiger partial charge >= 0.3 is 5.97 Å². The second-order valence-corrected chi connectivity index (χ2v) is 5.42. The Morgan fingerprint density at radius 2 is 2.16 bits per heavy atom. The highest BCUT2D eigenvalue weighted by Gasteiger charge is 2.26. The summed E-state index contributed by atoms with van der Waals surface area (Å²) in [6.45, 7) is 3.79. The molecule has 0 radical (unpaired) electrons. The molecule has 1 rings (SSSR count). The van der Waals surface area contributed by atoms with Gasteiger partial charge < -0.3 is 10.0 Å². The first kappa shape index (κ1) is 15.6. The molecule has 1 unspecified atom stereocenters. The predicted octanol–water partition coefficient (Wildman–Crippen LogP) is 2.47. The number of thioether (sulfide) groups is 1. The predicted molar refractivity (Wildman–Crippen MR) is 78.9 cm³/mol. The molecule has 104 valence electrons. The average Bonchev–Trinajstić information content (AvgIpc) is 2.37. The number of carboxylic acids is 1. The number of hydrogen-bond donors (Lipinski definition) is 1. The van der Waals surface area contributed by atoms with Gasteiger partial charge in [0.2, 0.25) is 6.41 Å². The van der Waals surface area contributed by atoms with Gasteiger partial charge in [-0.3, -0.25) is 4.79 Å². The molecule has 0 aliphatic heterocycles. The van der Waals surface area contributed by atoms with Crippen molar-refractivity contribution >= 4 is 29.8 Å². The lowest BCUT2D eigenvalue weighted by molar-refractivity contribution is -0.139. The molecule has 0 saturated heterocycles. The molecule has 0 heterocycles. The number of carbonyl (C=O) groups excluding carboxylic acids is 1. The molecule has 1 aromatic rings. The van der Waals surface area contributed by atoms with Gasteiger partial charge in [-0.1, -0.05) is 12.1 Å². The summed E-state index contributed by atoms with van der Waals surface area (Å²) in [6, 6.07) is 4.87. The molecule has 0 aliphatic carbocycles. The highest BCUT2D eigenvalue weighted by Crippen LogP contribution is 2.24. The lowest BCUT2D eigenvalue weighted by Gasteiger charge is -2.26. The number of amides is 1. The highest BCUT2D eigenvalue weighted by atomic mass is 32.2. The standard InChI is InChI=1S/C14H19NO3S/c1-10-4-5-11(2)13(8-10)15(9-16)12(14(17)18)6-7-19-3/h4-5,8-9,12H,6-7H2,1-3H3,(H,17,18). The quantitative estimate of drug-likeness (QED) is 0.780. The summed E-state index contributed by atoms with van der Waals surface area (Å²) in [5.74, 6) is -0.270. The zero-order valence-corrected chi connectivity index (χ0v) is 12.2. The van der Waals surface area contributed by atoms with Crippen molar-refractivity contribution in [2.45, 2.75) is 26.3 Å². The van der Waals surface area contributed by atoms with E-state index in [1.165, 1.54) is 4.90 Å². The number of carboxylic acid groups (broad SMARTS) is 1. The van der Waals surface area contributed by atoms with Gasteiger partial charge in [-0.25, -0.2) is 4.79 Å². The molecule has 0 aromatic heterocycles. The topological polar surface area (TPSA) is 57.6 Å². The Bertz CT molecular complexity index is 462. The van der Waals surface area contributed by atoms with Crippen LogP contribution < -0.4 is 4.90 Å². The molecule has 1 N–H and O–H groups in total. The van der Waals surface area contributed by atoms with Gasteiger partial charge in [0, 0.05) is 5.69 Å². The van der Waals surface area contributed by atoms with Gasteiger partial charge in [0.15, 0.2) is 0 Å². The molecular formula is C14H19NO3S. The molecule has 1 amide bonds. The molecule has 0 spiro atoms. The average molecular weight is 281 g/mol. The summed E-state index contributed by atoms with van der Waals surface area (Å²) in [6.07, 6.45) is 2.96. The van der Waals surface area contributed by atoms with E-state index in [2.05, 4.69) is 0 Å². The van der Waals surface area contributed by atoms with E-state index in [4.69, 9.17) is 0 Å². The molecular weight excluding hydrogens is 262 g/mol. The summed E-state index contributed by atoms with van der Waals surface area (Å²) < 4.78 is 0. The Kier molecular flexibility index (Phi) is 5.89. The van der Waals surface area contributed by atoms with E-state index < -0.39 is 12.0 Å². The van der Waals surface area contributed by atoms with Crippen LogP contribution in [-0.4, -0.2) is 35.5 Å². The van der Waals surface area contributed by atoms with E-state index in [9.17, 15) is 14.7 Å². The molecule has 1 aromatic carbocycles. The smallest absolute Gasteiger partial charge is 0.326 e. The van der Waals surface area contributed by atoms with E-state index in [0.717, 1.165) is 11.1 Å². The Balaban J connectivity index is 3.11. The van der Waals surface area contributed by atoms with Gasteiger partial charge in [0.1, 0.15) is 6.04 Å². The van der Waals surface area contributed by atoms with E-state index in [0.29, 0.717) is 24.3 Å². The maximum absolute atomic E-state index is 11.4. The van der Waals surface area contributed by atoms with Gasteiger partial charge in [0.25, 0.3) is 0 Å². The van der Waals surface area contributed by atoms with E-state index in [-0.39, 0.29) is 0 Å². The van der Waals surface area contributed by atoms with Gasteiger partial charge in [0.05, 0.1) is 0 Å². The molecule has 0 saturated carbocycles. The van der Waals surface area contributed by atoms with Crippen molar-refractivity contribution in [3.05, 3.63) is 29.3 Å². The number of aliphatic carboxylic acids is 1. The van der Waals surface area contributed by atoms with Crippen LogP contribution in [0.5, 0.6) is 0 Å². The first-order chi connectivity index (χ1) is 9.01. The Hall–Kier alpha value is -1.49. The van der Waals surface area contributed by atoms with Crippen LogP contribution in [-0.2, 0) is 9.59 Å². The zero-order chi connectivity index (χ0) is 14.4. The van der Waals surface area contributed by atoms with Crippen molar-refractivity contribution in [1.82, 2.24) is 0 Å². The van der Waals surface area contributed by atoms with Gasteiger partial charge in [-0.15, -0.1) is 0 Å². The van der Waals surface area contributed by atoms with Crippen LogP contribution in [0, 0.1) is 13.8 Å². The van der Waals surface area contributed by atoms with Gasteiger partial charge in [-0.2, -0.15) is 11.8 Å². The van der Waals surface area contributed by atoms with Crippen LogP contribution >= 0.6 is 11.8 Å². The lowest BCUT2D eigenvalue weighted by atomic mass is 10.1. The van der Waals surface area contributed by atoms with Crippen molar-refractivity contribution in [2.75, 3.05) is 16.9 Å². The summed E-state index contributed by atoms with van der Waals surface area (Å²) in [7, 11) is 0. The third-order valence-electron chi connectivity index (χ3n) is 2.97. The SMILES string of the molecule is CSCCC(C(=O)O)N(C=O)c1cc(C)ccc1C. The Morgan fingerprint density at radius 1 is 1.47 bits per heavy atom. The summed E-state index contributed by atoms with van der Waals surface area (Å²) >= 11 is 1.57. The van der Waals surface area contributed by atoms with Crippen LogP contribution in [0.15, 0.2) is 18.2 Å². The van der Waals surface area contributed by atoms with E-state index in [1.54, 1.807) is 11.8 Å². The minimum Gasteiger partial charge on any atom is -0.480 e. The molecule has 4 nitrogen and oxygen atoms in total. The van der Waals surface area contributed by atoms with Crippen LogP contribution in [0.1, 0.15) is 17.5 Å². The number of hydrogen-bond acceptors (Lipinski definition) is 3. The number of nitrogens with zero attached hydrogens (tertiary/aromatic N) is 1. The Labute approximate surface area is 117 Å². The second kappa shape index (κ2) is 7.19. The largest absolute Gasteiger partial charge is 0.480 e. The normalized spacial score (nSPS) is 11.9. The van der Waals surface area contributed by atoms with Crippen LogP contribution in [0.3, 0.4) is 0 Å². The summed E-state index contributed by atoms with van der Waals surface area (Å²) in [5, 5.41) is 9.31. The molecule has 1 atom stereocenters. The van der Waals surface area contributed by atoms with Crippen molar-refractivity contribution in [2.24, 2.45) is 0 Å². The summed E-state index contributed by atoms with van der Waals surface area (Å²) in [5.41, 5.74) is 2.57. The lowest BCUT2D eigenvalue weighted by Crippen LogP contribution is -2.41. The number of anilines is 1. The maximum Gasteiger partial charge on any atom is 0.326 e. The first-order valence-electron chi connectivity index (χ1n) is 6.04.